The Hall–Kier alpha value is -2.78. The Morgan fingerprint density at radius 3 is 2.28 bits per heavy atom. The number of benzene rings is 2. The van der Waals surface area contributed by atoms with Crippen LogP contribution in [0.15, 0.2) is 41.3 Å². The minimum absolute atomic E-state index is 0.156. The zero-order chi connectivity index (χ0) is 18.6. The molecule has 0 bridgehead atoms. The summed E-state index contributed by atoms with van der Waals surface area (Å²) in [5, 5.41) is 28.0. The normalized spacial score (nSPS) is 11.1. The largest absolute Gasteiger partial charge is 0.502 e. The number of carbonyl (C=O) groups is 1. The molecular weight excluding hydrogens is 352 g/mol. The van der Waals surface area contributed by atoms with Crippen molar-refractivity contribution in [3.63, 3.8) is 0 Å². The zero-order valence-electron chi connectivity index (χ0n) is 13.2. The number of aromatic carboxylic acids is 1. The quantitative estimate of drug-likeness (QED) is 0.627. The van der Waals surface area contributed by atoms with Crippen molar-refractivity contribution in [2.75, 3.05) is 13.2 Å². The fourth-order valence-corrected chi connectivity index (χ4v) is 2.84. The van der Waals surface area contributed by atoms with Gasteiger partial charge in [-0.2, -0.15) is 8.42 Å². The van der Waals surface area contributed by atoms with E-state index in [1.54, 1.807) is 19.1 Å². The fourth-order valence-electron chi connectivity index (χ4n) is 1.91. The van der Waals surface area contributed by atoms with E-state index in [1.807, 2.05) is 0 Å². The van der Waals surface area contributed by atoms with Crippen molar-refractivity contribution < 1.29 is 37.5 Å². The molecule has 134 valence electrons. The molecule has 0 aliphatic rings. The highest BCUT2D eigenvalue weighted by molar-refractivity contribution is 7.87. The molecule has 0 heterocycles. The minimum Gasteiger partial charge on any atom is -0.502 e. The number of aromatic hydroxyl groups is 1. The lowest BCUT2D eigenvalue weighted by atomic mass is 10.2. The first-order chi connectivity index (χ1) is 11.7. The van der Waals surface area contributed by atoms with Crippen LogP contribution in [0.4, 0.5) is 0 Å². The van der Waals surface area contributed by atoms with Crippen molar-refractivity contribution >= 4 is 16.1 Å². The van der Waals surface area contributed by atoms with E-state index in [-0.39, 0.29) is 29.4 Å². The highest BCUT2D eigenvalue weighted by atomic mass is 32.2. The van der Waals surface area contributed by atoms with Gasteiger partial charge in [-0.25, -0.2) is 4.79 Å². The van der Waals surface area contributed by atoms with Gasteiger partial charge in [0.15, 0.2) is 11.5 Å². The van der Waals surface area contributed by atoms with Gasteiger partial charge in [0.25, 0.3) is 0 Å². The SMILES string of the molecule is Cc1ccc(S(=O)(=O)Oc2cc(C(=O)O)cc(OCCO)c2O)cc1. The van der Waals surface area contributed by atoms with E-state index >= 15 is 0 Å². The summed E-state index contributed by atoms with van der Waals surface area (Å²) in [6.07, 6.45) is 0. The first kappa shape index (κ1) is 18.6. The third-order valence-electron chi connectivity index (χ3n) is 3.14. The van der Waals surface area contributed by atoms with Gasteiger partial charge in [-0.3, -0.25) is 0 Å². The second kappa shape index (κ2) is 7.41. The van der Waals surface area contributed by atoms with E-state index in [1.165, 1.54) is 12.1 Å². The molecule has 0 radical (unpaired) electrons. The van der Waals surface area contributed by atoms with Crippen LogP contribution in [0.5, 0.6) is 17.2 Å². The Bertz CT molecular complexity index is 872. The van der Waals surface area contributed by atoms with Crippen molar-refractivity contribution in [1.82, 2.24) is 0 Å². The topological polar surface area (TPSA) is 130 Å². The number of ether oxygens (including phenoxy) is 1. The molecule has 0 unspecified atom stereocenters. The van der Waals surface area contributed by atoms with Crippen molar-refractivity contribution in [2.45, 2.75) is 11.8 Å². The number of aliphatic hydroxyl groups excluding tert-OH is 1. The predicted octanol–water partition coefficient (Wildman–Crippen LogP) is 1.54. The van der Waals surface area contributed by atoms with E-state index in [0.717, 1.165) is 17.7 Å². The molecule has 0 saturated heterocycles. The van der Waals surface area contributed by atoms with Crippen LogP contribution in [0.1, 0.15) is 15.9 Å². The van der Waals surface area contributed by atoms with Gasteiger partial charge in [-0.15, -0.1) is 0 Å². The van der Waals surface area contributed by atoms with Gasteiger partial charge < -0.3 is 24.2 Å². The number of phenols is 1. The Kier molecular flexibility index (Phi) is 5.50. The molecular formula is C16H16O8S. The summed E-state index contributed by atoms with van der Waals surface area (Å²) in [4.78, 5) is 11.0. The van der Waals surface area contributed by atoms with E-state index < -0.39 is 27.6 Å². The Morgan fingerprint density at radius 1 is 1.12 bits per heavy atom. The van der Waals surface area contributed by atoms with Crippen LogP contribution < -0.4 is 8.92 Å². The summed E-state index contributed by atoms with van der Waals surface area (Å²) < 4.78 is 34.5. The monoisotopic (exact) mass is 368 g/mol. The number of carboxylic acid groups (broad SMARTS) is 1. The van der Waals surface area contributed by atoms with Crippen LogP contribution in [0.3, 0.4) is 0 Å². The smallest absolute Gasteiger partial charge is 0.339 e. The summed E-state index contributed by atoms with van der Waals surface area (Å²) in [5.41, 5.74) is 0.495. The number of phenolic OH excluding ortho intramolecular Hbond substituents is 1. The number of aryl methyl sites for hydroxylation is 1. The first-order valence-corrected chi connectivity index (χ1v) is 8.50. The lowest BCUT2D eigenvalue weighted by molar-refractivity contribution is 0.0696. The summed E-state index contributed by atoms with van der Waals surface area (Å²) in [6.45, 7) is 1.18. The summed E-state index contributed by atoms with van der Waals surface area (Å²) in [6, 6.07) is 7.66. The Balaban J connectivity index is 2.45. The van der Waals surface area contributed by atoms with Crippen molar-refractivity contribution in [3.05, 3.63) is 47.5 Å². The molecule has 0 spiro atoms. The van der Waals surface area contributed by atoms with E-state index in [2.05, 4.69) is 0 Å². The third-order valence-corrected chi connectivity index (χ3v) is 4.39. The van der Waals surface area contributed by atoms with Gasteiger partial charge in [0.05, 0.1) is 12.2 Å². The maximum Gasteiger partial charge on any atom is 0.339 e. The van der Waals surface area contributed by atoms with Crippen LogP contribution in [-0.2, 0) is 10.1 Å². The summed E-state index contributed by atoms with van der Waals surface area (Å²) in [5.74, 6) is -2.96. The molecule has 2 rings (SSSR count). The maximum atomic E-state index is 12.3. The molecule has 3 N–H and O–H groups in total. The number of aliphatic hydroxyl groups is 1. The average molecular weight is 368 g/mol. The number of hydrogen-bond acceptors (Lipinski definition) is 7. The molecule has 0 aliphatic heterocycles. The number of hydrogen-bond donors (Lipinski definition) is 3. The fraction of sp³-hybridized carbons (Fsp3) is 0.188. The molecule has 0 saturated carbocycles. The standard InChI is InChI=1S/C16H16O8S/c1-10-2-4-12(5-3-10)25(21,22)24-14-9-11(16(19)20)8-13(15(14)18)23-7-6-17/h2-5,8-9,17-18H,6-7H2,1H3,(H,19,20). The minimum atomic E-state index is -4.29. The molecule has 0 fully saturated rings. The Morgan fingerprint density at radius 2 is 1.72 bits per heavy atom. The first-order valence-electron chi connectivity index (χ1n) is 7.09. The second-order valence-electron chi connectivity index (χ2n) is 5.05. The molecule has 2 aromatic rings. The molecule has 0 amide bonds. The summed E-state index contributed by atoms with van der Waals surface area (Å²) in [7, 11) is -4.29. The molecule has 8 nitrogen and oxygen atoms in total. The van der Waals surface area contributed by atoms with Crippen LogP contribution in [0.25, 0.3) is 0 Å². The number of carboxylic acids is 1. The van der Waals surface area contributed by atoms with E-state index in [0.29, 0.717) is 0 Å². The number of rotatable bonds is 7. The van der Waals surface area contributed by atoms with Gasteiger partial charge in [0.1, 0.15) is 11.5 Å². The van der Waals surface area contributed by atoms with Gasteiger partial charge in [0, 0.05) is 6.07 Å². The predicted molar refractivity (Wildman–Crippen MR) is 86.6 cm³/mol. The van der Waals surface area contributed by atoms with Crippen LogP contribution in [-0.4, -0.2) is 42.9 Å². The Labute approximate surface area is 144 Å². The highest BCUT2D eigenvalue weighted by Gasteiger charge is 2.23. The molecule has 0 atom stereocenters. The van der Waals surface area contributed by atoms with E-state index in [4.69, 9.17) is 19.1 Å². The van der Waals surface area contributed by atoms with Gasteiger partial charge in [-0.1, -0.05) is 17.7 Å². The molecule has 0 aliphatic carbocycles. The third kappa shape index (κ3) is 4.40. The molecule has 2 aromatic carbocycles. The van der Waals surface area contributed by atoms with Gasteiger partial charge >= 0.3 is 16.1 Å². The van der Waals surface area contributed by atoms with Gasteiger partial charge in [0.2, 0.25) is 5.75 Å². The zero-order valence-corrected chi connectivity index (χ0v) is 14.0. The summed E-state index contributed by atoms with van der Waals surface area (Å²) >= 11 is 0. The molecule has 25 heavy (non-hydrogen) atoms. The lowest BCUT2D eigenvalue weighted by Gasteiger charge is -2.13. The highest BCUT2D eigenvalue weighted by Crippen LogP contribution is 2.39. The van der Waals surface area contributed by atoms with E-state index in [9.17, 15) is 18.3 Å². The van der Waals surface area contributed by atoms with Crippen LogP contribution in [0, 0.1) is 6.92 Å². The average Bonchev–Trinajstić information content (AvgIpc) is 2.55. The molecule has 9 heteroatoms. The molecule has 0 aromatic heterocycles. The van der Waals surface area contributed by atoms with Crippen LogP contribution in [0.2, 0.25) is 0 Å². The van der Waals surface area contributed by atoms with Gasteiger partial charge in [-0.05, 0) is 25.1 Å². The van der Waals surface area contributed by atoms with Crippen LogP contribution >= 0.6 is 0 Å². The van der Waals surface area contributed by atoms with Crippen molar-refractivity contribution in [3.8, 4) is 17.2 Å². The maximum absolute atomic E-state index is 12.3. The van der Waals surface area contributed by atoms with Crippen molar-refractivity contribution in [1.29, 1.82) is 0 Å². The van der Waals surface area contributed by atoms with Crippen molar-refractivity contribution in [2.24, 2.45) is 0 Å². The second-order valence-corrected chi connectivity index (χ2v) is 6.60. The lowest BCUT2D eigenvalue weighted by Crippen LogP contribution is -2.11.